The second kappa shape index (κ2) is 7.77. The van der Waals surface area contributed by atoms with Crippen molar-refractivity contribution in [2.45, 2.75) is 12.8 Å². The monoisotopic (exact) mass is 435 g/mol. The van der Waals surface area contributed by atoms with Crippen LogP contribution in [0.25, 0.3) is 22.4 Å². The maximum Gasteiger partial charge on any atom is 0.230 e. The van der Waals surface area contributed by atoms with Crippen molar-refractivity contribution >= 4 is 43.4 Å². The number of rotatable bonds is 5. The lowest BCUT2D eigenvalue weighted by molar-refractivity contribution is -0.120. The van der Waals surface area contributed by atoms with E-state index in [1.165, 1.54) is 21.9 Å². The third kappa shape index (κ3) is 4.29. The molecule has 1 saturated heterocycles. The highest BCUT2D eigenvalue weighted by Gasteiger charge is 2.30. The van der Waals surface area contributed by atoms with E-state index in [4.69, 9.17) is 9.15 Å². The molecule has 0 aliphatic carbocycles. The predicted octanol–water partition coefficient (Wildman–Crippen LogP) is 3.18. The van der Waals surface area contributed by atoms with Gasteiger partial charge in [-0.05, 0) is 31.0 Å². The smallest absolute Gasteiger partial charge is 0.230 e. The van der Waals surface area contributed by atoms with Gasteiger partial charge in [0.05, 0.1) is 19.3 Å². The number of thiazole rings is 1. The summed E-state index contributed by atoms with van der Waals surface area (Å²) in [7, 11) is -1.70. The Kier molecular flexibility index (Phi) is 5.32. The molecule has 1 unspecified atom stereocenters. The van der Waals surface area contributed by atoms with Crippen molar-refractivity contribution < 1.29 is 22.4 Å². The molecule has 1 aliphatic rings. The SMILES string of the molecule is COc1ccc2cc(-c3csc(NC(=O)C4CCCN(S(C)(=O)=O)C4)n3)oc2c1. The first-order valence-corrected chi connectivity index (χ1v) is 11.9. The summed E-state index contributed by atoms with van der Waals surface area (Å²) in [6, 6.07) is 7.47. The van der Waals surface area contributed by atoms with Crippen molar-refractivity contribution in [3.63, 3.8) is 0 Å². The predicted molar refractivity (Wildman–Crippen MR) is 112 cm³/mol. The molecule has 1 aromatic carbocycles. The average Bonchev–Trinajstić information content (AvgIpc) is 3.33. The number of anilines is 1. The fraction of sp³-hybridized carbons (Fsp3) is 0.368. The number of ether oxygens (including phenoxy) is 1. The van der Waals surface area contributed by atoms with Crippen LogP contribution in [0, 0.1) is 5.92 Å². The molecule has 1 atom stereocenters. The van der Waals surface area contributed by atoms with E-state index in [2.05, 4.69) is 10.3 Å². The Morgan fingerprint density at radius 1 is 1.38 bits per heavy atom. The van der Waals surface area contributed by atoms with Gasteiger partial charge in [-0.2, -0.15) is 0 Å². The van der Waals surface area contributed by atoms with E-state index in [1.54, 1.807) is 7.11 Å². The Hall–Kier alpha value is -2.43. The zero-order valence-electron chi connectivity index (χ0n) is 16.0. The first-order valence-electron chi connectivity index (χ1n) is 9.13. The molecule has 10 heteroatoms. The number of carbonyl (C=O) groups is 1. The molecule has 29 heavy (non-hydrogen) atoms. The number of sulfonamides is 1. The zero-order chi connectivity index (χ0) is 20.6. The van der Waals surface area contributed by atoms with Gasteiger partial charge in [-0.25, -0.2) is 17.7 Å². The van der Waals surface area contributed by atoms with E-state index >= 15 is 0 Å². The van der Waals surface area contributed by atoms with E-state index in [1.807, 2.05) is 29.6 Å². The van der Waals surface area contributed by atoms with Crippen LogP contribution >= 0.6 is 11.3 Å². The maximum absolute atomic E-state index is 12.6. The molecule has 0 radical (unpaired) electrons. The standard InChI is InChI=1S/C19H21N3O5S2/c1-26-14-6-5-12-8-17(27-16(12)9-14)15-11-28-19(20-15)21-18(23)13-4-3-7-22(10-13)29(2,24)25/h5-6,8-9,11,13H,3-4,7,10H2,1-2H3,(H,20,21,23). The van der Waals surface area contributed by atoms with Crippen LogP contribution in [-0.4, -0.2) is 50.1 Å². The quantitative estimate of drug-likeness (QED) is 0.660. The van der Waals surface area contributed by atoms with Gasteiger partial charge in [-0.15, -0.1) is 11.3 Å². The van der Waals surface area contributed by atoms with Gasteiger partial charge < -0.3 is 14.5 Å². The number of amides is 1. The van der Waals surface area contributed by atoms with Gasteiger partial charge in [0.15, 0.2) is 10.9 Å². The van der Waals surface area contributed by atoms with Gasteiger partial charge in [0.1, 0.15) is 17.0 Å². The van der Waals surface area contributed by atoms with Gasteiger partial charge in [0, 0.05) is 29.9 Å². The second-order valence-corrected chi connectivity index (χ2v) is 9.84. The van der Waals surface area contributed by atoms with Gasteiger partial charge >= 0.3 is 0 Å². The molecule has 2 aromatic heterocycles. The number of nitrogens with one attached hydrogen (secondary N) is 1. The van der Waals surface area contributed by atoms with Crippen LogP contribution in [0.15, 0.2) is 34.1 Å². The van der Waals surface area contributed by atoms with Crippen molar-refractivity contribution in [1.82, 2.24) is 9.29 Å². The van der Waals surface area contributed by atoms with Crippen LogP contribution < -0.4 is 10.1 Å². The summed E-state index contributed by atoms with van der Waals surface area (Å²) >= 11 is 1.30. The van der Waals surface area contributed by atoms with Crippen molar-refractivity contribution in [2.75, 3.05) is 31.8 Å². The lowest BCUT2D eigenvalue weighted by atomic mass is 9.99. The van der Waals surface area contributed by atoms with E-state index in [0.29, 0.717) is 47.3 Å². The van der Waals surface area contributed by atoms with Crippen LogP contribution in [0.4, 0.5) is 5.13 Å². The van der Waals surface area contributed by atoms with E-state index in [0.717, 1.165) is 5.39 Å². The number of furan rings is 1. The summed E-state index contributed by atoms with van der Waals surface area (Å²) < 4.78 is 35.9. The average molecular weight is 436 g/mol. The Balaban J connectivity index is 1.47. The van der Waals surface area contributed by atoms with Crippen LogP contribution in [0.3, 0.4) is 0 Å². The van der Waals surface area contributed by atoms with Crippen LogP contribution in [0.2, 0.25) is 0 Å². The molecule has 1 N–H and O–H groups in total. The summed E-state index contributed by atoms with van der Waals surface area (Å²) in [6.07, 6.45) is 2.49. The lowest BCUT2D eigenvalue weighted by Gasteiger charge is -2.29. The molecule has 1 amide bonds. The molecule has 0 bridgehead atoms. The molecular weight excluding hydrogens is 414 g/mol. The van der Waals surface area contributed by atoms with Gasteiger partial charge in [0.25, 0.3) is 0 Å². The molecule has 4 rings (SSSR count). The van der Waals surface area contributed by atoms with E-state index < -0.39 is 10.0 Å². The first kappa shape index (κ1) is 19.9. The minimum Gasteiger partial charge on any atom is -0.497 e. The molecule has 0 saturated carbocycles. The highest BCUT2D eigenvalue weighted by Crippen LogP contribution is 2.32. The normalized spacial score (nSPS) is 18.1. The largest absolute Gasteiger partial charge is 0.497 e. The van der Waals surface area contributed by atoms with Crippen molar-refractivity contribution in [2.24, 2.45) is 5.92 Å². The molecule has 1 aliphatic heterocycles. The molecule has 0 spiro atoms. The number of fused-ring (bicyclic) bond motifs is 1. The number of piperidine rings is 1. The first-order chi connectivity index (χ1) is 13.8. The fourth-order valence-corrected chi connectivity index (χ4v) is 4.99. The molecule has 1 fully saturated rings. The highest BCUT2D eigenvalue weighted by atomic mass is 32.2. The van der Waals surface area contributed by atoms with Crippen LogP contribution in [0.5, 0.6) is 5.75 Å². The lowest BCUT2D eigenvalue weighted by Crippen LogP contribution is -2.43. The fourth-order valence-electron chi connectivity index (χ4n) is 3.37. The summed E-state index contributed by atoms with van der Waals surface area (Å²) in [5.74, 6) is 0.712. The second-order valence-electron chi connectivity index (χ2n) is 7.00. The summed E-state index contributed by atoms with van der Waals surface area (Å²) in [5.41, 5.74) is 1.32. The zero-order valence-corrected chi connectivity index (χ0v) is 17.7. The third-order valence-electron chi connectivity index (χ3n) is 4.94. The summed E-state index contributed by atoms with van der Waals surface area (Å²) in [6.45, 7) is 0.662. The molecular formula is C19H21N3O5S2. The van der Waals surface area contributed by atoms with Crippen LogP contribution in [0.1, 0.15) is 12.8 Å². The topological polar surface area (TPSA) is 102 Å². The third-order valence-corrected chi connectivity index (χ3v) is 6.97. The Bertz CT molecular complexity index is 1150. The molecule has 3 aromatic rings. The molecule has 3 heterocycles. The Morgan fingerprint density at radius 3 is 2.97 bits per heavy atom. The number of methoxy groups -OCH3 is 1. The number of nitrogens with zero attached hydrogens (tertiary/aromatic N) is 2. The maximum atomic E-state index is 12.6. The van der Waals surface area contributed by atoms with Crippen LogP contribution in [-0.2, 0) is 14.8 Å². The minimum atomic E-state index is -3.30. The Morgan fingerprint density at radius 2 is 2.21 bits per heavy atom. The van der Waals surface area contributed by atoms with E-state index in [-0.39, 0.29) is 18.4 Å². The number of benzene rings is 1. The van der Waals surface area contributed by atoms with E-state index in [9.17, 15) is 13.2 Å². The Labute approximate surface area is 172 Å². The van der Waals surface area contributed by atoms with Gasteiger partial charge in [0.2, 0.25) is 15.9 Å². The van der Waals surface area contributed by atoms with Gasteiger partial charge in [-0.1, -0.05) is 0 Å². The van der Waals surface area contributed by atoms with Crippen molar-refractivity contribution in [1.29, 1.82) is 0 Å². The number of aromatic nitrogens is 1. The molecule has 8 nitrogen and oxygen atoms in total. The summed E-state index contributed by atoms with van der Waals surface area (Å²) in [5, 5.41) is 6.02. The van der Waals surface area contributed by atoms with Gasteiger partial charge in [-0.3, -0.25) is 4.79 Å². The highest BCUT2D eigenvalue weighted by molar-refractivity contribution is 7.88. The number of carbonyl (C=O) groups excluding carboxylic acids is 1. The molecule has 154 valence electrons. The number of hydrogen-bond acceptors (Lipinski definition) is 7. The van der Waals surface area contributed by atoms with Crippen molar-refractivity contribution in [3.8, 4) is 17.2 Å². The summed E-state index contributed by atoms with van der Waals surface area (Å²) in [4.78, 5) is 17.0. The number of hydrogen-bond donors (Lipinski definition) is 1. The minimum absolute atomic E-state index is 0.203. The van der Waals surface area contributed by atoms with Crippen molar-refractivity contribution in [3.05, 3.63) is 29.6 Å².